The van der Waals surface area contributed by atoms with Gasteiger partial charge in [0.25, 0.3) is 0 Å². The quantitative estimate of drug-likeness (QED) is 0.574. The molecule has 1 aliphatic rings. The van der Waals surface area contributed by atoms with Crippen LogP contribution in [-0.4, -0.2) is 10.2 Å². The molecule has 1 aromatic heterocycles. The summed E-state index contributed by atoms with van der Waals surface area (Å²) in [6, 6.07) is 0. The van der Waals surface area contributed by atoms with Gasteiger partial charge in [0.05, 0.1) is 12.4 Å². The zero-order valence-corrected chi connectivity index (χ0v) is 6.51. The van der Waals surface area contributed by atoms with Crippen molar-refractivity contribution in [3.63, 3.8) is 0 Å². The summed E-state index contributed by atoms with van der Waals surface area (Å²) in [5, 5.41) is 7.62. The van der Waals surface area contributed by atoms with Gasteiger partial charge in [-0.1, -0.05) is 36.5 Å². The van der Waals surface area contributed by atoms with Gasteiger partial charge in [-0.25, -0.2) is 0 Å². The molecule has 0 N–H and O–H groups in total. The SMILES string of the molecule is C1=C\C=C/c2cnncc2\C=C/1. The van der Waals surface area contributed by atoms with Crippen LogP contribution in [0.25, 0.3) is 12.2 Å². The van der Waals surface area contributed by atoms with Crippen molar-refractivity contribution in [1.82, 2.24) is 10.2 Å². The number of rotatable bonds is 0. The van der Waals surface area contributed by atoms with Crippen LogP contribution in [0, 0.1) is 0 Å². The molecule has 0 unspecified atom stereocenters. The molecule has 1 aliphatic carbocycles. The lowest BCUT2D eigenvalue weighted by Crippen LogP contribution is -1.86. The van der Waals surface area contributed by atoms with Gasteiger partial charge in [-0.15, -0.1) is 0 Å². The fraction of sp³-hybridized carbons (Fsp3) is 0. The first-order chi connectivity index (χ1) is 5.97. The highest BCUT2D eigenvalue weighted by atomic mass is 15.1. The fourth-order valence-corrected chi connectivity index (χ4v) is 1.07. The van der Waals surface area contributed by atoms with E-state index in [1.54, 1.807) is 12.4 Å². The molecular formula is C10H8N2. The number of hydrogen-bond acceptors (Lipinski definition) is 2. The number of hydrogen-bond donors (Lipinski definition) is 0. The Morgan fingerprint density at radius 1 is 0.667 bits per heavy atom. The van der Waals surface area contributed by atoms with Crippen LogP contribution in [0.4, 0.5) is 0 Å². The molecule has 0 bridgehead atoms. The maximum Gasteiger partial charge on any atom is 0.0574 e. The van der Waals surface area contributed by atoms with Crippen LogP contribution in [0.5, 0.6) is 0 Å². The zero-order chi connectivity index (χ0) is 8.23. The van der Waals surface area contributed by atoms with Crippen LogP contribution in [0.3, 0.4) is 0 Å². The van der Waals surface area contributed by atoms with Gasteiger partial charge in [-0.05, 0) is 0 Å². The first-order valence-electron chi connectivity index (χ1n) is 3.79. The Labute approximate surface area is 71.0 Å². The molecule has 0 aromatic carbocycles. The van der Waals surface area contributed by atoms with Gasteiger partial charge in [0.2, 0.25) is 0 Å². The van der Waals surface area contributed by atoms with E-state index in [1.807, 2.05) is 36.5 Å². The van der Waals surface area contributed by atoms with E-state index in [1.165, 1.54) is 0 Å². The van der Waals surface area contributed by atoms with Crippen LogP contribution in [-0.2, 0) is 0 Å². The summed E-state index contributed by atoms with van der Waals surface area (Å²) in [7, 11) is 0. The van der Waals surface area contributed by atoms with Crippen LogP contribution >= 0.6 is 0 Å². The topological polar surface area (TPSA) is 25.8 Å². The van der Waals surface area contributed by atoms with E-state index in [4.69, 9.17) is 0 Å². The molecule has 12 heavy (non-hydrogen) atoms. The molecule has 0 saturated heterocycles. The summed E-state index contributed by atoms with van der Waals surface area (Å²) >= 11 is 0. The molecule has 0 atom stereocenters. The van der Waals surface area contributed by atoms with E-state index in [-0.39, 0.29) is 0 Å². The van der Waals surface area contributed by atoms with Crippen LogP contribution < -0.4 is 0 Å². The molecule has 0 aliphatic heterocycles. The van der Waals surface area contributed by atoms with E-state index < -0.39 is 0 Å². The molecule has 2 heteroatoms. The predicted octanol–water partition coefficient (Wildman–Crippen LogP) is 2.07. The van der Waals surface area contributed by atoms with Crippen molar-refractivity contribution < 1.29 is 0 Å². The average molecular weight is 156 g/mol. The highest BCUT2D eigenvalue weighted by Crippen LogP contribution is 2.11. The van der Waals surface area contributed by atoms with Crippen LogP contribution in [0.15, 0.2) is 36.7 Å². The lowest BCUT2D eigenvalue weighted by molar-refractivity contribution is 1.02. The number of nitrogens with zero attached hydrogens (tertiary/aromatic N) is 2. The lowest BCUT2D eigenvalue weighted by atomic mass is 10.1. The monoisotopic (exact) mass is 156 g/mol. The Bertz CT molecular complexity index is 327. The van der Waals surface area contributed by atoms with Gasteiger partial charge in [-0.3, -0.25) is 0 Å². The number of aromatic nitrogens is 2. The lowest BCUT2D eigenvalue weighted by Gasteiger charge is -1.98. The summed E-state index contributed by atoms with van der Waals surface area (Å²) < 4.78 is 0. The molecule has 1 heterocycles. The maximum absolute atomic E-state index is 3.81. The van der Waals surface area contributed by atoms with E-state index in [0.717, 1.165) is 11.1 Å². The van der Waals surface area contributed by atoms with Crippen molar-refractivity contribution in [2.75, 3.05) is 0 Å². The van der Waals surface area contributed by atoms with Crippen molar-refractivity contribution in [3.8, 4) is 0 Å². The Hall–Kier alpha value is -1.70. The Morgan fingerprint density at radius 3 is 1.67 bits per heavy atom. The molecule has 0 radical (unpaired) electrons. The normalized spacial score (nSPS) is 21.7. The smallest absolute Gasteiger partial charge is 0.0574 e. The molecule has 0 spiro atoms. The second-order valence-electron chi connectivity index (χ2n) is 2.50. The average Bonchev–Trinajstić information content (AvgIpc) is 2.06. The molecular weight excluding hydrogens is 148 g/mol. The van der Waals surface area contributed by atoms with Gasteiger partial charge in [0.1, 0.15) is 0 Å². The Balaban J connectivity index is 2.54. The van der Waals surface area contributed by atoms with Crippen LogP contribution in [0.1, 0.15) is 11.1 Å². The van der Waals surface area contributed by atoms with Crippen molar-refractivity contribution >= 4 is 12.2 Å². The summed E-state index contributed by atoms with van der Waals surface area (Å²) in [6.07, 6.45) is 15.5. The third kappa shape index (κ3) is 1.32. The van der Waals surface area contributed by atoms with Gasteiger partial charge < -0.3 is 0 Å². The predicted molar refractivity (Wildman–Crippen MR) is 49.2 cm³/mol. The summed E-state index contributed by atoms with van der Waals surface area (Å²) in [5.74, 6) is 0. The van der Waals surface area contributed by atoms with Gasteiger partial charge in [0, 0.05) is 11.1 Å². The molecule has 0 amide bonds. The third-order valence-corrected chi connectivity index (χ3v) is 1.68. The molecule has 2 nitrogen and oxygen atoms in total. The van der Waals surface area contributed by atoms with E-state index in [0.29, 0.717) is 0 Å². The maximum atomic E-state index is 3.81. The molecule has 2 rings (SSSR count). The van der Waals surface area contributed by atoms with Crippen molar-refractivity contribution in [2.45, 2.75) is 0 Å². The Morgan fingerprint density at radius 2 is 1.17 bits per heavy atom. The van der Waals surface area contributed by atoms with Crippen molar-refractivity contribution in [3.05, 3.63) is 47.8 Å². The van der Waals surface area contributed by atoms with E-state index in [9.17, 15) is 0 Å². The standard InChI is InChI=1S/C10H8N2/c1-2-4-6-10-8-12-11-7-9(10)5-3-1/h1-8H/b2-1-,3-1?,4-2?,5-3-,6-4-,9-5?,10-6?. The number of fused-ring (bicyclic) bond motifs is 1. The highest BCUT2D eigenvalue weighted by Gasteiger charge is 1.95. The minimum Gasteiger partial charge on any atom is -0.158 e. The third-order valence-electron chi connectivity index (χ3n) is 1.68. The molecule has 58 valence electrons. The Kier molecular flexibility index (Phi) is 1.82. The summed E-state index contributed by atoms with van der Waals surface area (Å²) in [5.41, 5.74) is 2.20. The fourth-order valence-electron chi connectivity index (χ4n) is 1.07. The second-order valence-corrected chi connectivity index (χ2v) is 2.50. The number of allylic oxidation sites excluding steroid dienone is 4. The second kappa shape index (κ2) is 3.13. The van der Waals surface area contributed by atoms with Crippen molar-refractivity contribution in [2.24, 2.45) is 0 Å². The van der Waals surface area contributed by atoms with Crippen LogP contribution in [0.2, 0.25) is 0 Å². The largest absolute Gasteiger partial charge is 0.158 e. The molecule has 1 aromatic rings. The molecule has 0 fully saturated rings. The van der Waals surface area contributed by atoms with Gasteiger partial charge in [0.15, 0.2) is 0 Å². The molecule has 0 saturated carbocycles. The van der Waals surface area contributed by atoms with E-state index in [2.05, 4.69) is 10.2 Å². The first-order valence-corrected chi connectivity index (χ1v) is 3.79. The highest BCUT2D eigenvalue weighted by molar-refractivity contribution is 5.66. The van der Waals surface area contributed by atoms with Gasteiger partial charge >= 0.3 is 0 Å². The summed E-state index contributed by atoms with van der Waals surface area (Å²) in [4.78, 5) is 0. The summed E-state index contributed by atoms with van der Waals surface area (Å²) in [6.45, 7) is 0. The zero-order valence-electron chi connectivity index (χ0n) is 6.51. The first kappa shape index (κ1) is 6.98. The van der Waals surface area contributed by atoms with Crippen molar-refractivity contribution in [1.29, 1.82) is 0 Å². The minimum atomic E-state index is 1.10. The minimum absolute atomic E-state index is 1.10. The van der Waals surface area contributed by atoms with E-state index >= 15 is 0 Å². The van der Waals surface area contributed by atoms with Gasteiger partial charge in [-0.2, -0.15) is 10.2 Å².